The monoisotopic (exact) mass is 1730 g/mol. The molecule has 121 heavy (non-hydrogen) atoms. The van der Waals surface area contributed by atoms with Crippen molar-refractivity contribution in [3.05, 3.63) is 221 Å². The number of carboxylic acids is 1. The first kappa shape index (κ1) is 90.3. The predicted octanol–water partition coefficient (Wildman–Crippen LogP) is 10.6. The van der Waals surface area contributed by atoms with Crippen LogP contribution in [0.4, 0.5) is 40.3 Å². The molecule has 0 saturated heterocycles. The van der Waals surface area contributed by atoms with E-state index in [9.17, 15) is 75.5 Å². The van der Waals surface area contributed by atoms with Crippen LogP contribution >= 0.6 is 0 Å². The Hall–Kier alpha value is -11.5. The summed E-state index contributed by atoms with van der Waals surface area (Å²) in [6.07, 6.45) is 17.5. The van der Waals surface area contributed by atoms with Crippen molar-refractivity contribution >= 4 is 115 Å². The molecule has 16 rings (SSSR count). The number of sulfonamides is 4. The van der Waals surface area contributed by atoms with Crippen LogP contribution in [0.1, 0.15) is 154 Å². The van der Waals surface area contributed by atoms with Crippen LogP contribution in [0.3, 0.4) is 0 Å². The van der Waals surface area contributed by atoms with Crippen LogP contribution in [0.25, 0.3) is 73.2 Å². The molecule has 3 unspecified atom stereocenters. The maximum Gasteiger partial charge on any atom is 1.00 e. The van der Waals surface area contributed by atoms with Gasteiger partial charge in [-0.2, -0.15) is 0 Å². The summed E-state index contributed by atoms with van der Waals surface area (Å²) in [6, 6.07) is 29.1. The molecule has 4 aliphatic heterocycles. The number of aromatic carboxylic acids is 1. The third-order valence-corrected chi connectivity index (χ3v) is 26.1. The van der Waals surface area contributed by atoms with Crippen molar-refractivity contribution in [2.45, 2.75) is 89.9 Å². The third-order valence-electron chi connectivity index (χ3n) is 21.4. The summed E-state index contributed by atoms with van der Waals surface area (Å²) in [4.78, 5) is 68.2. The van der Waals surface area contributed by atoms with Gasteiger partial charge < -0.3 is 25.4 Å². The molecule has 29 nitrogen and oxygen atoms in total. The van der Waals surface area contributed by atoms with Crippen molar-refractivity contribution in [2.24, 2.45) is 0 Å². The number of rotatable bonds is 12. The minimum absolute atomic E-state index is 0. The zero-order valence-electron chi connectivity index (χ0n) is 67.9. The van der Waals surface area contributed by atoms with Gasteiger partial charge in [-0.25, -0.2) is 85.6 Å². The van der Waals surface area contributed by atoms with E-state index >= 15 is 0 Å². The number of benzene rings is 4. The maximum atomic E-state index is 13.4. The fourth-order valence-electron chi connectivity index (χ4n) is 15.5. The topological polar surface area (TPSA) is 368 Å². The summed E-state index contributed by atoms with van der Waals surface area (Å²) in [5.41, 5.74) is 11.6. The summed E-state index contributed by atoms with van der Waals surface area (Å²) in [6.45, 7) is 11.7. The number of esters is 2. The van der Waals surface area contributed by atoms with Gasteiger partial charge in [-0.05, 0) is 188 Å². The van der Waals surface area contributed by atoms with Crippen molar-refractivity contribution < 1.29 is 109 Å². The Labute approximate surface area is 708 Å². The summed E-state index contributed by atoms with van der Waals surface area (Å²) >= 11 is 0. The first-order chi connectivity index (χ1) is 56.3. The maximum absolute atomic E-state index is 13.4. The molecule has 38 heteroatoms. The van der Waals surface area contributed by atoms with E-state index < -0.39 is 75.5 Å². The number of carbonyl (C=O) groups is 4. The molecule has 4 aliphatic rings. The van der Waals surface area contributed by atoms with Crippen molar-refractivity contribution in [3.8, 4) is 45.0 Å². The van der Waals surface area contributed by atoms with E-state index in [0.29, 0.717) is 141 Å². The van der Waals surface area contributed by atoms with E-state index in [-0.39, 0.29) is 76.6 Å². The number of anilines is 4. The largest absolute Gasteiger partial charge is 1.00 e. The van der Waals surface area contributed by atoms with Gasteiger partial charge in [0.1, 0.15) is 74.3 Å². The molecule has 1 amide bonds. The molecule has 12 aromatic rings. The van der Waals surface area contributed by atoms with Crippen molar-refractivity contribution in [2.75, 3.05) is 89.7 Å². The molecule has 0 fully saturated rings. The molecular formula is C83H86F4LiN13O16S4. The molecule has 8 aromatic heterocycles. The Balaban J connectivity index is 0.000000157. The van der Waals surface area contributed by atoms with E-state index in [1.165, 1.54) is 128 Å². The van der Waals surface area contributed by atoms with Crippen molar-refractivity contribution in [3.63, 3.8) is 0 Å². The van der Waals surface area contributed by atoms with Crippen molar-refractivity contribution in [1.29, 1.82) is 0 Å². The van der Waals surface area contributed by atoms with Gasteiger partial charge in [0.05, 0.1) is 62.0 Å². The number of fused-ring (bicyclic) bond motifs is 8. The first-order valence-electron chi connectivity index (χ1n) is 37.8. The molecule has 3 atom stereocenters. The number of allylic oxidation sites excluding steroid dienone is 1. The molecule has 12 heterocycles. The van der Waals surface area contributed by atoms with E-state index in [4.69, 9.17) is 9.47 Å². The Bertz CT molecular complexity index is 6360. The predicted molar refractivity (Wildman–Crippen MR) is 447 cm³/mol. The third kappa shape index (κ3) is 18.4. The number of halogens is 4. The molecule has 0 bridgehead atoms. The van der Waals surface area contributed by atoms with Crippen molar-refractivity contribution in [1.82, 2.24) is 42.9 Å². The Kier molecular flexibility index (Phi) is 26.6. The molecular weight excluding hydrogens is 1650 g/mol. The number of nitrogens with zero attached hydrogens (tertiary/aromatic N) is 12. The Morgan fingerprint density at radius 1 is 0.430 bits per heavy atom. The van der Waals surface area contributed by atoms with Crippen LogP contribution in [0.15, 0.2) is 153 Å². The van der Waals surface area contributed by atoms with Gasteiger partial charge in [0.2, 0.25) is 40.1 Å². The van der Waals surface area contributed by atoms with E-state index in [2.05, 4.69) is 31.8 Å². The van der Waals surface area contributed by atoms with Gasteiger partial charge >= 0.3 is 36.8 Å². The standard InChI is InChI=1S/C21H23FN4O3S.C21H22FN3O4S.C21H20FN3O4S.C20H20FN3O4S.Li.H2O/c1-13-5-4-10-26(30(3,28)29)17-11-18-24-19(14-6-8-15(22)9-7-14)20(21(27)23-2)25(18)12-16(13)17;2*1-13-5-4-10-25(30(3,27)28)17-11-18-23-19(14-6-8-15(22)9-7-14)20(21(26)29-2)24(18)12-16(13)17;1-12-4-3-9-24(29(2,27)28)16-10-17-22-18(13-5-7-14(21)8-6-13)19(20(25)26)23(17)11-15(12)16;;/h6-9,11-13H,4-5,10H2,1-3H3,(H,23,27);6-9,11-13H,4-5,10H2,1-3H3;6-9,11-12H,1,4-5,10H2,2-3H3;5-8,10-12H,3-4,9H2,1-2H3,(H,25,26);;1H2/q;;;;+1;/p-1. The number of hydrogen-bond donors (Lipinski definition) is 2. The summed E-state index contributed by atoms with van der Waals surface area (Å²) < 4.78 is 174. The number of amides is 1. The second-order valence-electron chi connectivity index (χ2n) is 29.6. The number of carboxylic acid groups (broad SMARTS) is 1. The number of carbonyl (C=O) groups excluding carboxylic acids is 3. The molecule has 0 spiro atoms. The number of aromatic nitrogens is 8. The van der Waals surface area contributed by atoms with E-state index in [0.717, 1.165) is 66.9 Å². The average molecular weight is 1730 g/mol. The second kappa shape index (κ2) is 35.7. The number of hydrogen-bond acceptors (Lipinski definition) is 19. The fourth-order valence-corrected chi connectivity index (χ4v) is 19.4. The van der Waals surface area contributed by atoms with Crippen LogP contribution in [-0.4, -0.2) is 178 Å². The van der Waals surface area contributed by atoms with Gasteiger partial charge in [-0.1, -0.05) is 27.4 Å². The number of pyridine rings is 4. The number of ether oxygens (including phenoxy) is 2. The molecule has 3 N–H and O–H groups in total. The zero-order chi connectivity index (χ0) is 85.8. The van der Waals surface area contributed by atoms with Gasteiger partial charge in [0.25, 0.3) is 5.91 Å². The smallest absolute Gasteiger partial charge is 0.870 e. The second-order valence-corrected chi connectivity index (χ2v) is 37.3. The van der Waals surface area contributed by atoms with Gasteiger partial charge in [0, 0.05) is 110 Å². The minimum Gasteiger partial charge on any atom is -0.870 e. The van der Waals surface area contributed by atoms with Crippen LogP contribution in [-0.2, 0) is 49.6 Å². The Morgan fingerprint density at radius 3 is 0.992 bits per heavy atom. The van der Waals surface area contributed by atoms with Gasteiger partial charge in [-0.15, -0.1) is 0 Å². The SMILES string of the molecule is C=C1CCCN(S(C)(=O)=O)c2cc3nc(-c4ccc(F)cc4)c(C(=O)OC)n3cc21.CC1CCCN(S(C)(=O)=O)c2cc3nc(-c4ccc(F)cc4)c(C(=O)O)n3cc21.CNC(=O)c1c(-c2ccc(F)cc2)nc2cc3c(cn12)C(C)CCCN3S(C)(=O)=O.COC(=O)c1c(-c2ccc(F)cc2)nc2cc3c(cn12)C(C)CCCN3S(C)(=O)=O.[Li+].[OH-]. The molecule has 632 valence electrons. The van der Waals surface area contributed by atoms with E-state index in [1.807, 2.05) is 27.0 Å². The van der Waals surface area contributed by atoms with E-state index in [1.54, 1.807) is 80.3 Å². The molecule has 0 aliphatic carbocycles. The first-order valence-corrected chi connectivity index (χ1v) is 45.2. The van der Waals surface area contributed by atoms with Crippen LogP contribution in [0.5, 0.6) is 0 Å². The number of nitrogens with one attached hydrogen (secondary N) is 1. The van der Waals surface area contributed by atoms with Gasteiger partial charge in [-0.3, -0.25) is 39.6 Å². The molecule has 4 aromatic carbocycles. The zero-order valence-corrected chi connectivity index (χ0v) is 71.2. The van der Waals surface area contributed by atoms with Gasteiger partial charge in [0.15, 0.2) is 17.1 Å². The quantitative estimate of drug-likeness (QED) is 0.0652. The molecule has 0 saturated carbocycles. The van der Waals surface area contributed by atoms with Crippen LogP contribution in [0.2, 0.25) is 0 Å². The number of methoxy groups -OCH3 is 2. The normalized spacial score (nSPS) is 16.1. The minimum atomic E-state index is -3.51. The average Bonchev–Trinajstić information content (AvgIpc) is 1.70. The van der Waals surface area contributed by atoms with Crippen LogP contribution < -0.4 is 41.4 Å². The summed E-state index contributed by atoms with van der Waals surface area (Å²) in [5.74, 6) is -4.04. The Morgan fingerprint density at radius 2 is 0.694 bits per heavy atom. The van der Waals surface area contributed by atoms with Crippen LogP contribution in [0, 0.1) is 23.3 Å². The molecule has 0 radical (unpaired) electrons. The summed E-state index contributed by atoms with van der Waals surface area (Å²) in [7, 11) is -9.85. The fraction of sp³-hybridized carbons (Fsp3) is 0.301. The summed E-state index contributed by atoms with van der Waals surface area (Å²) in [5, 5.41) is 12.5. The number of imidazole rings is 4.